The monoisotopic (exact) mass is 586 g/mol. The summed E-state index contributed by atoms with van der Waals surface area (Å²) in [4.78, 5) is -0.441. The van der Waals surface area contributed by atoms with Crippen molar-refractivity contribution in [2.45, 2.75) is 53.6 Å². The molecule has 3 aromatic carbocycles. The van der Waals surface area contributed by atoms with Gasteiger partial charge in [-0.1, -0.05) is 54.7 Å². The Kier molecular flexibility index (Phi) is 7.84. The zero-order chi connectivity index (χ0) is 27.7. The predicted molar refractivity (Wildman–Crippen MR) is 149 cm³/mol. The van der Waals surface area contributed by atoms with E-state index in [4.69, 9.17) is 9.47 Å². The van der Waals surface area contributed by atoms with Gasteiger partial charge in [0.1, 0.15) is 5.75 Å². The molecule has 39 heavy (non-hydrogen) atoms. The second-order valence-corrected chi connectivity index (χ2v) is 14.5. The fraction of sp³-hybridized carbons (Fsp3) is 0.286. The SMILES string of the molecule is O=S(=O)(O)c1ccc(P(c2ccc(OCCC#C[C@]34CCCC[C@H]3O4)cc2)c2ccc(S(=O)(=O)O)cc2)cc1. The second kappa shape index (κ2) is 11.0. The largest absolute Gasteiger partial charge is 0.493 e. The van der Waals surface area contributed by atoms with Crippen molar-refractivity contribution in [2.24, 2.45) is 0 Å². The molecule has 0 amide bonds. The molecular formula is C28H27O8PS2. The molecule has 2 atom stereocenters. The highest BCUT2D eigenvalue weighted by molar-refractivity contribution is 7.86. The van der Waals surface area contributed by atoms with E-state index in [0.29, 0.717) is 24.9 Å². The Morgan fingerprint density at radius 1 is 0.821 bits per heavy atom. The van der Waals surface area contributed by atoms with Gasteiger partial charge in [-0.05, 0) is 79.5 Å². The van der Waals surface area contributed by atoms with Crippen molar-refractivity contribution >= 4 is 44.1 Å². The normalized spacial score (nSPS) is 20.5. The lowest BCUT2D eigenvalue weighted by Gasteiger charge is -2.20. The maximum absolute atomic E-state index is 11.5. The molecule has 5 rings (SSSR count). The molecule has 11 heteroatoms. The number of benzene rings is 3. The molecule has 1 saturated heterocycles. The van der Waals surface area contributed by atoms with Crippen molar-refractivity contribution < 1.29 is 35.4 Å². The van der Waals surface area contributed by atoms with E-state index in [-0.39, 0.29) is 15.4 Å². The van der Waals surface area contributed by atoms with Crippen LogP contribution in [0.4, 0.5) is 0 Å². The van der Waals surface area contributed by atoms with Crippen LogP contribution in [-0.2, 0) is 25.0 Å². The number of rotatable bonds is 8. The minimum Gasteiger partial charge on any atom is -0.493 e. The van der Waals surface area contributed by atoms with Gasteiger partial charge in [-0.25, -0.2) is 0 Å². The van der Waals surface area contributed by atoms with Gasteiger partial charge < -0.3 is 9.47 Å². The van der Waals surface area contributed by atoms with E-state index in [2.05, 4.69) is 11.8 Å². The van der Waals surface area contributed by atoms with Crippen molar-refractivity contribution in [3.8, 4) is 17.6 Å². The Morgan fingerprint density at radius 2 is 1.33 bits per heavy atom. The minimum absolute atomic E-state index is 0.212. The van der Waals surface area contributed by atoms with Gasteiger partial charge in [0.2, 0.25) is 0 Å². The summed E-state index contributed by atoms with van der Waals surface area (Å²) in [6.45, 7) is 0.441. The Hall–Kier alpha value is -2.77. The van der Waals surface area contributed by atoms with Gasteiger partial charge in [-0.3, -0.25) is 9.11 Å². The molecule has 8 nitrogen and oxygen atoms in total. The van der Waals surface area contributed by atoms with Crippen LogP contribution < -0.4 is 20.7 Å². The lowest BCUT2D eigenvalue weighted by molar-refractivity contribution is 0.325. The number of epoxide rings is 1. The molecule has 0 aromatic heterocycles. The highest BCUT2D eigenvalue weighted by Crippen LogP contribution is 2.47. The van der Waals surface area contributed by atoms with Crippen LogP contribution in [0.1, 0.15) is 32.1 Å². The van der Waals surface area contributed by atoms with Crippen LogP contribution in [0.2, 0.25) is 0 Å². The summed E-state index contributed by atoms with van der Waals surface area (Å²) < 4.78 is 76.3. The van der Waals surface area contributed by atoms with Crippen molar-refractivity contribution in [1.29, 1.82) is 0 Å². The van der Waals surface area contributed by atoms with Crippen molar-refractivity contribution in [2.75, 3.05) is 6.61 Å². The van der Waals surface area contributed by atoms with Crippen LogP contribution in [0.5, 0.6) is 5.75 Å². The first-order valence-electron chi connectivity index (χ1n) is 12.4. The number of fused-ring (bicyclic) bond motifs is 1. The van der Waals surface area contributed by atoms with Crippen LogP contribution >= 0.6 is 7.92 Å². The van der Waals surface area contributed by atoms with E-state index in [1.165, 1.54) is 30.7 Å². The van der Waals surface area contributed by atoms with Crippen molar-refractivity contribution in [3.05, 3.63) is 72.8 Å². The highest BCUT2D eigenvalue weighted by atomic mass is 32.2. The number of hydrogen-bond donors (Lipinski definition) is 2. The van der Waals surface area contributed by atoms with E-state index < -0.39 is 28.2 Å². The van der Waals surface area contributed by atoms with Crippen LogP contribution in [0.15, 0.2) is 82.6 Å². The smallest absolute Gasteiger partial charge is 0.294 e. The summed E-state index contributed by atoms with van der Waals surface area (Å²) in [6.07, 6.45) is 5.36. The first-order valence-corrected chi connectivity index (χ1v) is 16.6. The molecule has 204 valence electrons. The topological polar surface area (TPSA) is 130 Å². The average molecular weight is 587 g/mol. The molecule has 0 spiro atoms. The van der Waals surface area contributed by atoms with Crippen molar-refractivity contribution in [1.82, 2.24) is 0 Å². The van der Waals surface area contributed by atoms with E-state index >= 15 is 0 Å². The molecule has 2 N–H and O–H groups in total. The number of ether oxygens (including phenoxy) is 2. The summed E-state index contributed by atoms with van der Waals surface area (Å²) >= 11 is 0. The Bertz CT molecular complexity index is 1530. The second-order valence-electron chi connectivity index (χ2n) is 9.41. The summed E-state index contributed by atoms with van der Waals surface area (Å²) in [5.74, 6) is 7.16. The zero-order valence-corrected chi connectivity index (χ0v) is 23.4. The third kappa shape index (κ3) is 6.52. The number of hydrogen-bond acceptors (Lipinski definition) is 6. The van der Waals surface area contributed by atoms with E-state index in [9.17, 15) is 25.9 Å². The van der Waals surface area contributed by atoms with E-state index in [1.807, 2.05) is 24.3 Å². The Balaban J connectivity index is 1.32. The molecule has 3 aromatic rings. The van der Waals surface area contributed by atoms with Crippen LogP contribution in [0, 0.1) is 11.8 Å². The van der Waals surface area contributed by atoms with Crippen LogP contribution in [0.25, 0.3) is 0 Å². The molecule has 1 saturated carbocycles. The molecule has 1 aliphatic carbocycles. The lowest BCUT2D eigenvalue weighted by Crippen LogP contribution is -2.21. The zero-order valence-electron chi connectivity index (χ0n) is 20.9. The van der Waals surface area contributed by atoms with Gasteiger partial charge in [-0.2, -0.15) is 16.8 Å². The molecular weight excluding hydrogens is 559 g/mol. The molecule has 0 bridgehead atoms. The van der Waals surface area contributed by atoms with Crippen molar-refractivity contribution in [3.63, 3.8) is 0 Å². The average Bonchev–Trinajstić information content (AvgIpc) is 3.64. The summed E-state index contributed by atoms with van der Waals surface area (Å²) in [5.41, 5.74) is -0.212. The van der Waals surface area contributed by atoms with Crippen LogP contribution in [0.3, 0.4) is 0 Å². The Morgan fingerprint density at radius 3 is 1.82 bits per heavy atom. The first kappa shape index (κ1) is 27.8. The lowest BCUT2D eigenvalue weighted by atomic mass is 9.89. The van der Waals surface area contributed by atoms with Gasteiger partial charge in [-0.15, -0.1) is 0 Å². The Labute approximate surface area is 229 Å². The first-order chi connectivity index (χ1) is 18.6. The molecule has 2 aliphatic rings. The molecule has 2 fully saturated rings. The van der Waals surface area contributed by atoms with E-state index in [0.717, 1.165) is 35.2 Å². The summed E-state index contributed by atoms with van der Waals surface area (Å²) in [5, 5.41) is 2.47. The van der Waals surface area contributed by atoms with Crippen LogP contribution in [-0.4, -0.2) is 44.3 Å². The van der Waals surface area contributed by atoms with Gasteiger partial charge in [0.15, 0.2) is 5.60 Å². The van der Waals surface area contributed by atoms with Gasteiger partial charge in [0.25, 0.3) is 20.2 Å². The fourth-order valence-electron chi connectivity index (χ4n) is 4.73. The quantitative estimate of drug-likeness (QED) is 0.135. The maximum atomic E-state index is 11.5. The third-order valence-corrected chi connectivity index (χ3v) is 10.9. The predicted octanol–water partition coefficient (Wildman–Crippen LogP) is 3.42. The molecule has 0 radical (unpaired) electrons. The highest BCUT2D eigenvalue weighted by Gasteiger charge is 2.56. The molecule has 1 aliphatic heterocycles. The summed E-state index contributed by atoms with van der Waals surface area (Å²) in [7, 11) is -9.91. The fourth-order valence-corrected chi connectivity index (χ4v) is 7.92. The summed E-state index contributed by atoms with van der Waals surface area (Å²) in [6, 6.07) is 19.3. The minimum atomic E-state index is -4.34. The van der Waals surface area contributed by atoms with Gasteiger partial charge in [0, 0.05) is 6.42 Å². The standard InChI is InChI=1S/C28H27O8PS2/c29-38(30,31)25-14-10-23(11-15-25)37(24-12-16-26(17-13-24)39(32,33)34)22-8-6-21(7-9-22)35-20-4-3-19-28-18-2-1-5-27(28)36-28/h6-17,27H,1-2,4-5,18,20H2,(H,29,30,31)(H,32,33,34)/t27-,28-/m1/s1. The van der Waals surface area contributed by atoms with E-state index in [1.54, 1.807) is 24.3 Å². The van der Waals surface area contributed by atoms with Gasteiger partial charge in [0.05, 0.1) is 22.5 Å². The third-order valence-electron chi connectivity index (χ3n) is 6.76. The van der Waals surface area contributed by atoms with Gasteiger partial charge >= 0.3 is 0 Å². The molecule has 1 heterocycles. The maximum Gasteiger partial charge on any atom is 0.294 e. The molecule has 0 unspecified atom stereocenters.